The van der Waals surface area contributed by atoms with Crippen molar-refractivity contribution in [1.82, 2.24) is 10.2 Å². The summed E-state index contributed by atoms with van der Waals surface area (Å²) < 4.78 is 0. The minimum atomic E-state index is -1.01. The van der Waals surface area contributed by atoms with Gasteiger partial charge in [0.1, 0.15) is 5.54 Å². The van der Waals surface area contributed by atoms with Crippen molar-refractivity contribution in [2.24, 2.45) is 0 Å². The summed E-state index contributed by atoms with van der Waals surface area (Å²) >= 11 is 1.48. The number of rotatable bonds is 3. The Hall–Kier alpha value is -2.65. The van der Waals surface area contributed by atoms with E-state index in [2.05, 4.69) is 5.32 Å². The van der Waals surface area contributed by atoms with Gasteiger partial charge in [-0.15, -0.1) is 0 Å². The van der Waals surface area contributed by atoms with Crippen LogP contribution in [0.4, 0.5) is 4.79 Å². The predicted molar refractivity (Wildman–Crippen MR) is 81.9 cm³/mol. The molecule has 1 saturated heterocycles. The summed E-state index contributed by atoms with van der Waals surface area (Å²) in [6.45, 7) is 1.91. The van der Waals surface area contributed by atoms with Crippen LogP contribution in [0.25, 0.3) is 0 Å². The number of hydrogen-bond acceptors (Lipinski definition) is 4. The lowest BCUT2D eigenvalue weighted by atomic mass is 9.95. The largest absolute Gasteiger partial charge is 0.325 e. The van der Waals surface area contributed by atoms with Gasteiger partial charge < -0.3 is 5.32 Å². The molecule has 1 aliphatic rings. The van der Waals surface area contributed by atoms with Crippen LogP contribution in [0.3, 0.4) is 0 Å². The third kappa shape index (κ3) is 2.26. The Bertz CT molecular complexity index is 762. The molecule has 1 fully saturated rings. The lowest BCUT2D eigenvalue weighted by Crippen LogP contribution is -2.40. The molecule has 22 heavy (non-hydrogen) atoms. The molecule has 1 atom stereocenters. The maximum atomic E-state index is 12.7. The number of carbonyl (C=O) groups is 2. The second-order valence-corrected chi connectivity index (χ2v) is 6.05. The first-order valence-corrected chi connectivity index (χ1v) is 7.65. The number of amides is 3. The van der Waals surface area contributed by atoms with Crippen molar-refractivity contribution in [2.45, 2.75) is 19.0 Å². The molecule has 2 aromatic rings. The van der Waals surface area contributed by atoms with Crippen LogP contribution in [0.1, 0.15) is 23.6 Å². The highest BCUT2D eigenvalue weighted by atomic mass is 32.1. The molecular formula is C16H13N3O2S. The Morgan fingerprint density at radius 1 is 1.27 bits per heavy atom. The van der Waals surface area contributed by atoms with Crippen LogP contribution < -0.4 is 5.32 Å². The van der Waals surface area contributed by atoms with E-state index in [-0.39, 0.29) is 12.5 Å². The van der Waals surface area contributed by atoms with Crippen molar-refractivity contribution in [3.63, 3.8) is 0 Å². The fourth-order valence-electron chi connectivity index (χ4n) is 2.45. The van der Waals surface area contributed by atoms with E-state index in [1.807, 2.05) is 22.9 Å². The van der Waals surface area contributed by atoms with Gasteiger partial charge in [0.05, 0.1) is 18.2 Å². The van der Waals surface area contributed by atoms with Gasteiger partial charge in [0.2, 0.25) is 0 Å². The van der Waals surface area contributed by atoms with E-state index in [0.717, 1.165) is 11.1 Å². The zero-order chi connectivity index (χ0) is 15.7. The van der Waals surface area contributed by atoms with Gasteiger partial charge in [0.25, 0.3) is 5.91 Å². The van der Waals surface area contributed by atoms with E-state index in [1.54, 1.807) is 31.2 Å². The molecule has 5 nitrogen and oxygen atoms in total. The van der Waals surface area contributed by atoms with Crippen LogP contribution in [-0.4, -0.2) is 16.8 Å². The SMILES string of the molecule is CC1(c2ccsc2)NC(=O)N(Cc2ccc(C#N)cc2)C1=O. The van der Waals surface area contributed by atoms with Gasteiger partial charge in [-0.25, -0.2) is 4.79 Å². The lowest BCUT2D eigenvalue weighted by molar-refractivity contribution is -0.131. The summed E-state index contributed by atoms with van der Waals surface area (Å²) in [6.07, 6.45) is 0. The third-order valence-corrected chi connectivity index (χ3v) is 4.48. The second-order valence-electron chi connectivity index (χ2n) is 5.27. The van der Waals surface area contributed by atoms with Crippen molar-refractivity contribution in [3.8, 4) is 6.07 Å². The normalized spacial score (nSPS) is 20.8. The molecule has 6 heteroatoms. The molecule has 110 valence electrons. The number of thiophene rings is 1. The molecular weight excluding hydrogens is 298 g/mol. The number of imide groups is 1. The smallest absolute Gasteiger partial charge is 0.319 e. The minimum absolute atomic E-state index is 0.191. The number of carbonyl (C=O) groups excluding carboxylic acids is 2. The number of nitrogens with one attached hydrogen (secondary N) is 1. The highest BCUT2D eigenvalue weighted by Crippen LogP contribution is 2.31. The molecule has 1 N–H and O–H groups in total. The van der Waals surface area contributed by atoms with Crippen LogP contribution >= 0.6 is 11.3 Å². The molecule has 0 radical (unpaired) electrons. The van der Waals surface area contributed by atoms with Crippen molar-refractivity contribution < 1.29 is 9.59 Å². The summed E-state index contributed by atoms with van der Waals surface area (Å²) in [4.78, 5) is 26.0. The van der Waals surface area contributed by atoms with Crippen molar-refractivity contribution in [2.75, 3.05) is 0 Å². The van der Waals surface area contributed by atoms with Gasteiger partial charge >= 0.3 is 6.03 Å². The standard InChI is InChI=1S/C16H13N3O2S/c1-16(13-6-7-22-10-13)14(20)19(15(21)18-16)9-12-4-2-11(8-17)3-5-12/h2-7,10H,9H2,1H3,(H,18,21). The van der Waals surface area contributed by atoms with E-state index in [0.29, 0.717) is 5.56 Å². The lowest BCUT2D eigenvalue weighted by Gasteiger charge is -2.20. The van der Waals surface area contributed by atoms with E-state index < -0.39 is 11.6 Å². The molecule has 3 amide bonds. The average Bonchev–Trinajstić information content (AvgIpc) is 3.13. The predicted octanol–water partition coefficient (Wildman–Crippen LogP) is 2.59. The molecule has 0 saturated carbocycles. The summed E-state index contributed by atoms with van der Waals surface area (Å²) in [5.41, 5.74) is 1.13. The van der Waals surface area contributed by atoms with Crippen LogP contribution in [0.5, 0.6) is 0 Å². The summed E-state index contributed by atoms with van der Waals surface area (Å²) in [5, 5.41) is 15.3. The van der Waals surface area contributed by atoms with E-state index in [9.17, 15) is 9.59 Å². The fraction of sp³-hybridized carbons (Fsp3) is 0.188. The number of nitrogens with zero attached hydrogens (tertiary/aromatic N) is 2. The second kappa shape index (κ2) is 5.28. The Morgan fingerprint density at radius 2 is 2.00 bits per heavy atom. The molecule has 0 aliphatic carbocycles. The van der Waals surface area contributed by atoms with E-state index in [1.165, 1.54) is 16.2 Å². The molecule has 3 rings (SSSR count). The zero-order valence-electron chi connectivity index (χ0n) is 11.9. The summed E-state index contributed by atoms with van der Waals surface area (Å²) in [5.74, 6) is -0.264. The summed E-state index contributed by atoms with van der Waals surface area (Å²) in [7, 11) is 0. The Labute approximate surface area is 131 Å². The Morgan fingerprint density at radius 3 is 2.59 bits per heavy atom. The topological polar surface area (TPSA) is 73.2 Å². The quantitative estimate of drug-likeness (QED) is 0.885. The van der Waals surface area contributed by atoms with Crippen molar-refractivity contribution in [3.05, 3.63) is 57.8 Å². The van der Waals surface area contributed by atoms with Gasteiger partial charge in [-0.05, 0) is 47.0 Å². The Kier molecular flexibility index (Phi) is 3.43. The van der Waals surface area contributed by atoms with Crippen molar-refractivity contribution in [1.29, 1.82) is 5.26 Å². The maximum absolute atomic E-state index is 12.7. The monoisotopic (exact) mass is 311 g/mol. The fourth-order valence-corrected chi connectivity index (χ4v) is 3.22. The highest BCUT2D eigenvalue weighted by molar-refractivity contribution is 7.08. The number of urea groups is 1. The first kappa shape index (κ1) is 14.3. The van der Waals surface area contributed by atoms with E-state index >= 15 is 0 Å². The molecule has 1 unspecified atom stereocenters. The maximum Gasteiger partial charge on any atom is 0.325 e. The van der Waals surface area contributed by atoms with Gasteiger partial charge in [0, 0.05) is 0 Å². The average molecular weight is 311 g/mol. The van der Waals surface area contributed by atoms with Crippen LogP contribution in [-0.2, 0) is 16.9 Å². The van der Waals surface area contributed by atoms with E-state index in [4.69, 9.17) is 5.26 Å². The minimum Gasteiger partial charge on any atom is -0.319 e. The first-order chi connectivity index (χ1) is 10.5. The molecule has 1 aromatic heterocycles. The third-order valence-electron chi connectivity index (χ3n) is 3.80. The van der Waals surface area contributed by atoms with Gasteiger partial charge in [-0.3, -0.25) is 9.69 Å². The summed E-state index contributed by atoms with van der Waals surface area (Å²) in [6, 6.07) is 10.3. The van der Waals surface area contributed by atoms with Gasteiger partial charge in [-0.2, -0.15) is 16.6 Å². The molecule has 2 heterocycles. The van der Waals surface area contributed by atoms with Crippen LogP contribution in [0.2, 0.25) is 0 Å². The van der Waals surface area contributed by atoms with Gasteiger partial charge in [-0.1, -0.05) is 12.1 Å². The van der Waals surface area contributed by atoms with Crippen LogP contribution in [0, 0.1) is 11.3 Å². The molecule has 0 spiro atoms. The zero-order valence-corrected chi connectivity index (χ0v) is 12.7. The number of benzene rings is 1. The van der Waals surface area contributed by atoms with Crippen molar-refractivity contribution >= 4 is 23.3 Å². The van der Waals surface area contributed by atoms with Crippen LogP contribution in [0.15, 0.2) is 41.1 Å². The number of hydrogen-bond donors (Lipinski definition) is 1. The first-order valence-electron chi connectivity index (χ1n) is 6.70. The molecule has 1 aliphatic heterocycles. The van der Waals surface area contributed by atoms with Gasteiger partial charge in [0.15, 0.2) is 0 Å². The molecule has 0 bridgehead atoms. The highest BCUT2D eigenvalue weighted by Gasteiger charge is 2.49. The number of nitriles is 1. The Balaban J connectivity index is 1.84. The molecule has 1 aromatic carbocycles.